The van der Waals surface area contributed by atoms with Crippen LogP contribution in [-0.4, -0.2) is 22.5 Å². The quantitative estimate of drug-likeness (QED) is 0.895. The van der Waals surface area contributed by atoms with E-state index < -0.39 is 11.6 Å². The van der Waals surface area contributed by atoms with Gasteiger partial charge in [-0.3, -0.25) is 9.59 Å². The summed E-state index contributed by atoms with van der Waals surface area (Å²) in [7, 11) is 0. The SMILES string of the molecule is CCC(=O)C1=C(c2ccccc2Cl)C(=O)NC1(O)CC. The summed E-state index contributed by atoms with van der Waals surface area (Å²) in [5.41, 5.74) is -0.862. The molecule has 2 rings (SSSR count). The number of carbonyl (C=O) groups is 2. The fourth-order valence-corrected chi connectivity index (χ4v) is 2.60. The smallest absolute Gasteiger partial charge is 0.255 e. The summed E-state index contributed by atoms with van der Waals surface area (Å²) in [6.07, 6.45) is 0.425. The van der Waals surface area contributed by atoms with Crippen LogP contribution in [0.25, 0.3) is 5.57 Å². The Kier molecular flexibility index (Phi) is 3.97. The van der Waals surface area contributed by atoms with E-state index in [1.165, 1.54) is 0 Å². The fraction of sp³-hybridized carbons (Fsp3) is 0.333. The van der Waals surface area contributed by atoms with Crippen LogP contribution in [0.3, 0.4) is 0 Å². The fourth-order valence-electron chi connectivity index (χ4n) is 2.37. The normalized spacial score (nSPS) is 22.1. The molecule has 2 N–H and O–H groups in total. The van der Waals surface area contributed by atoms with E-state index >= 15 is 0 Å². The number of nitrogens with one attached hydrogen (secondary N) is 1. The lowest BCUT2D eigenvalue weighted by Crippen LogP contribution is -2.45. The Bertz CT molecular complexity index is 609. The lowest BCUT2D eigenvalue weighted by Gasteiger charge is -2.23. The number of carbonyl (C=O) groups excluding carboxylic acids is 2. The first-order chi connectivity index (χ1) is 9.44. The van der Waals surface area contributed by atoms with Gasteiger partial charge in [0.2, 0.25) is 0 Å². The molecule has 1 aliphatic rings. The van der Waals surface area contributed by atoms with E-state index in [4.69, 9.17) is 11.6 Å². The van der Waals surface area contributed by atoms with Crippen LogP contribution in [0.1, 0.15) is 32.3 Å². The van der Waals surface area contributed by atoms with Crippen molar-refractivity contribution in [2.75, 3.05) is 0 Å². The number of hydrogen-bond donors (Lipinski definition) is 2. The van der Waals surface area contributed by atoms with Gasteiger partial charge in [0.1, 0.15) is 0 Å². The first kappa shape index (κ1) is 14.8. The molecule has 0 fully saturated rings. The highest BCUT2D eigenvalue weighted by Gasteiger charge is 2.45. The van der Waals surface area contributed by atoms with E-state index in [1.54, 1.807) is 38.1 Å². The number of amides is 1. The third kappa shape index (κ3) is 2.25. The van der Waals surface area contributed by atoms with Crippen molar-refractivity contribution in [1.29, 1.82) is 0 Å². The zero-order valence-electron chi connectivity index (χ0n) is 11.4. The van der Waals surface area contributed by atoms with E-state index in [2.05, 4.69) is 5.32 Å². The predicted octanol–water partition coefficient (Wildman–Crippen LogP) is 2.30. The molecule has 0 saturated heterocycles. The molecule has 0 aromatic heterocycles. The average Bonchev–Trinajstić information content (AvgIpc) is 2.70. The number of rotatable bonds is 4. The van der Waals surface area contributed by atoms with Gasteiger partial charge in [-0.2, -0.15) is 0 Å². The molecule has 106 valence electrons. The maximum absolute atomic E-state index is 12.2. The minimum absolute atomic E-state index is 0.112. The summed E-state index contributed by atoms with van der Waals surface area (Å²) < 4.78 is 0. The second-order valence-electron chi connectivity index (χ2n) is 4.67. The molecule has 1 heterocycles. The average molecular weight is 294 g/mol. The number of Topliss-reactive ketones (excluding diaryl/α,β-unsaturated/α-hetero) is 1. The van der Waals surface area contributed by atoms with Gasteiger partial charge in [0.15, 0.2) is 11.5 Å². The minimum Gasteiger partial charge on any atom is -0.367 e. The van der Waals surface area contributed by atoms with E-state index in [0.717, 1.165) is 0 Å². The molecule has 0 radical (unpaired) electrons. The molecule has 1 atom stereocenters. The Morgan fingerprint density at radius 2 is 2.00 bits per heavy atom. The maximum atomic E-state index is 12.2. The summed E-state index contributed by atoms with van der Waals surface area (Å²) in [6.45, 7) is 3.40. The van der Waals surface area contributed by atoms with Gasteiger partial charge in [0.05, 0.1) is 11.1 Å². The molecule has 0 bridgehead atoms. The zero-order chi connectivity index (χ0) is 14.9. The molecule has 0 saturated carbocycles. The standard InChI is InChI=1S/C15H16ClNO3/c1-3-11(18)13-12(9-7-5-6-8-10(9)16)14(19)17-15(13,20)4-2/h5-8,20H,3-4H2,1-2H3,(H,17,19). The molecule has 0 aliphatic carbocycles. The molecule has 0 spiro atoms. The molecule has 4 nitrogen and oxygen atoms in total. The van der Waals surface area contributed by atoms with Crippen molar-refractivity contribution in [2.24, 2.45) is 0 Å². The highest BCUT2D eigenvalue weighted by Crippen LogP contribution is 2.37. The van der Waals surface area contributed by atoms with Crippen LogP contribution in [0, 0.1) is 0 Å². The lowest BCUT2D eigenvalue weighted by atomic mass is 9.91. The number of halogens is 1. The third-order valence-corrected chi connectivity index (χ3v) is 3.80. The lowest BCUT2D eigenvalue weighted by molar-refractivity contribution is -0.120. The van der Waals surface area contributed by atoms with Crippen molar-refractivity contribution in [3.63, 3.8) is 0 Å². The molecule has 20 heavy (non-hydrogen) atoms. The highest BCUT2D eigenvalue weighted by molar-refractivity contribution is 6.37. The van der Waals surface area contributed by atoms with Crippen molar-refractivity contribution < 1.29 is 14.7 Å². The summed E-state index contributed by atoms with van der Waals surface area (Å²) in [5.74, 6) is -0.734. The zero-order valence-corrected chi connectivity index (χ0v) is 12.1. The van der Waals surface area contributed by atoms with Crippen molar-refractivity contribution in [2.45, 2.75) is 32.4 Å². The Hall–Kier alpha value is -1.65. The number of aliphatic hydroxyl groups is 1. The molecular weight excluding hydrogens is 278 g/mol. The number of ketones is 1. The van der Waals surface area contributed by atoms with Gasteiger partial charge in [0, 0.05) is 17.0 Å². The molecule has 5 heteroatoms. The first-order valence-corrected chi connectivity index (χ1v) is 6.90. The second-order valence-corrected chi connectivity index (χ2v) is 5.08. The van der Waals surface area contributed by atoms with Crippen LogP contribution in [0.4, 0.5) is 0 Å². The van der Waals surface area contributed by atoms with Crippen LogP contribution < -0.4 is 5.32 Å². The van der Waals surface area contributed by atoms with E-state index in [-0.39, 0.29) is 29.8 Å². The van der Waals surface area contributed by atoms with Crippen molar-refractivity contribution in [3.05, 3.63) is 40.4 Å². The monoisotopic (exact) mass is 293 g/mol. The Balaban J connectivity index is 2.72. The summed E-state index contributed by atoms with van der Waals surface area (Å²) in [5, 5.41) is 13.4. The van der Waals surface area contributed by atoms with E-state index in [0.29, 0.717) is 10.6 Å². The number of benzene rings is 1. The highest BCUT2D eigenvalue weighted by atomic mass is 35.5. The molecule has 1 aliphatic heterocycles. The van der Waals surface area contributed by atoms with Crippen molar-refractivity contribution >= 4 is 28.9 Å². The van der Waals surface area contributed by atoms with Crippen molar-refractivity contribution in [3.8, 4) is 0 Å². The van der Waals surface area contributed by atoms with Gasteiger partial charge in [-0.05, 0) is 12.5 Å². The third-order valence-electron chi connectivity index (χ3n) is 3.47. The van der Waals surface area contributed by atoms with Gasteiger partial charge in [-0.25, -0.2) is 0 Å². The Morgan fingerprint density at radius 1 is 1.35 bits per heavy atom. The van der Waals surface area contributed by atoms with Crippen molar-refractivity contribution in [1.82, 2.24) is 5.32 Å². The van der Waals surface area contributed by atoms with Gasteiger partial charge >= 0.3 is 0 Å². The number of hydrogen-bond acceptors (Lipinski definition) is 3. The van der Waals surface area contributed by atoms with Gasteiger partial charge in [-0.1, -0.05) is 43.6 Å². The first-order valence-electron chi connectivity index (χ1n) is 6.52. The summed E-state index contributed by atoms with van der Waals surface area (Å²) in [4.78, 5) is 24.4. The Morgan fingerprint density at radius 3 is 2.55 bits per heavy atom. The minimum atomic E-state index is -1.61. The maximum Gasteiger partial charge on any atom is 0.255 e. The van der Waals surface area contributed by atoms with Crippen LogP contribution >= 0.6 is 11.6 Å². The van der Waals surface area contributed by atoms with Gasteiger partial charge in [-0.15, -0.1) is 0 Å². The van der Waals surface area contributed by atoms with Crippen LogP contribution in [0.5, 0.6) is 0 Å². The second kappa shape index (κ2) is 5.38. The molecule has 1 unspecified atom stereocenters. The van der Waals surface area contributed by atoms with E-state index in [9.17, 15) is 14.7 Å². The van der Waals surface area contributed by atoms with Gasteiger partial charge in [0.25, 0.3) is 5.91 Å². The van der Waals surface area contributed by atoms with Crippen LogP contribution in [-0.2, 0) is 9.59 Å². The summed E-state index contributed by atoms with van der Waals surface area (Å²) >= 11 is 6.11. The summed E-state index contributed by atoms with van der Waals surface area (Å²) in [6, 6.07) is 6.79. The molecule has 1 aromatic carbocycles. The van der Waals surface area contributed by atoms with Crippen LogP contribution in [0.15, 0.2) is 29.8 Å². The largest absolute Gasteiger partial charge is 0.367 e. The molecule has 1 aromatic rings. The van der Waals surface area contributed by atoms with Gasteiger partial charge < -0.3 is 10.4 Å². The van der Waals surface area contributed by atoms with Crippen LogP contribution in [0.2, 0.25) is 5.02 Å². The topological polar surface area (TPSA) is 66.4 Å². The molecule has 1 amide bonds. The molecular formula is C15H16ClNO3. The van der Waals surface area contributed by atoms with E-state index in [1.807, 2.05) is 0 Å². The predicted molar refractivity (Wildman–Crippen MR) is 77.1 cm³/mol. The Labute approximate surface area is 122 Å².